The van der Waals surface area contributed by atoms with Gasteiger partial charge in [0.1, 0.15) is 0 Å². The maximum absolute atomic E-state index is 11.1. The van der Waals surface area contributed by atoms with Crippen molar-refractivity contribution < 1.29 is 14.8 Å². The lowest BCUT2D eigenvalue weighted by atomic mass is 10.2. The number of halogens is 1. The summed E-state index contributed by atoms with van der Waals surface area (Å²) < 4.78 is 0. The van der Waals surface area contributed by atoms with E-state index in [9.17, 15) is 14.9 Å². The Kier molecular flexibility index (Phi) is 4.44. The summed E-state index contributed by atoms with van der Waals surface area (Å²) in [6.45, 7) is 1.62. The van der Waals surface area contributed by atoms with E-state index in [0.717, 1.165) is 11.8 Å². The Morgan fingerprint density at radius 1 is 1.43 bits per heavy atom. The van der Waals surface area contributed by atoms with Crippen LogP contribution >= 0.6 is 23.4 Å². The zero-order chi connectivity index (χ0) is 15.6. The maximum Gasteiger partial charge on any atom is 0.337 e. The maximum atomic E-state index is 11.1. The molecule has 1 aromatic carbocycles. The second kappa shape index (κ2) is 6.11. The number of hydrogen-bond donors (Lipinski definition) is 1. The minimum absolute atomic E-state index is 0.0584. The Bertz CT molecular complexity index is 736. The number of rotatable bonds is 4. The number of carbonyl (C=O) groups is 1. The largest absolute Gasteiger partial charge is 0.478 e. The number of hydrogen-bond acceptors (Lipinski definition) is 5. The van der Waals surface area contributed by atoms with Crippen LogP contribution in [0.5, 0.6) is 0 Å². The van der Waals surface area contributed by atoms with Gasteiger partial charge in [-0.05, 0) is 31.2 Å². The molecule has 0 spiro atoms. The minimum atomic E-state index is -1.16. The highest BCUT2D eigenvalue weighted by atomic mass is 35.5. The molecule has 1 N–H and O–H groups in total. The molecule has 1 heterocycles. The number of benzene rings is 1. The third-order valence-corrected chi connectivity index (χ3v) is 3.97. The van der Waals surface area contributed by atoms with E-state index in [1.54, 1.807) is 19.1 Å². The minimum Gasteiger partial charge on any atom is -0.478 e. The van der Waals surface area contributed by atoms with Crippen molar-refractivity contribution in [2.75, 3.05) is 0 Å². The molecule has 0 aliphatic heterocycles. The van der Waals surface area contributed by atoms with Gasteiger partial charge in [-0.1, -0.05) is 23.4 Å². The van der Waals surface area contributed by atoms with E-state index >= 15 is 0 Å². The molecule has 0 bridgehead atoms. The van der Waals surface area contributed by atoms with Gasteiger partial charge in [-0.3, -0.25) is 10.1 Å². The lowest BCUT2D eigenvalue weighted by Crippen LogP contribution is -1.98. The molecular formula is C13H9ClN2O4S. The first-order valence-corrected chi connectivity index (χ1v) is 6.90. The Morgan fingerprint density at radius 3 is 2.76 bits per heavy atom. The molecule has 0 saturated carbocycles. The number of carboxylic acid groups (broad SMARTS) is 1. The molecule has 0 aliphatic carbocycles. The van der Waals surface area contributed by atoms with Gasteiger partial charge >= 0.3 is 11.7 Å². The molecular weight excluding hydrogens is 316 g/mol. The van der Waals surface area contributed by atoms with Crippen LogP contribution in [0.15, 0.2) is 40.4 Å². The molecule has 0 fully saturated rings. The van der Waals surface area contributed by atoms with Gasteiger partial charge in [0.25, 0.3) is 0 Å². The number of aromatic carboxylic acids is 1. The van der Waals surface area contributed by atoms with Crippen LogP contribution < -0.4 is 0 Å². The van der Waals surface area contributed by atoms with E-state index in [2.05, 4.69) is 4.98 Å². The van der Waals surface area contributed by atoms with Crippen molar-refractivity contribution in [3.05, 3.63) is 56.7 Å². The highest BCUT2D eigenvalue weighted by Gasteiger charge is 2.20. The first-order chi connectivity index (χ1) is 9.90. The van der Waals surface area contributed by atoms with Crippen molar-refractivity contribution in [1.82, 2.24) is 4.98 Å². The number of aryl methyl sites for hydroxylation is 1. The third-order valence-electron chi connectivity index (χ3n) is 2.66. The lowest BCUT2D eigenvalue weighted by Gasteiger charge is -2.06. The molecule has 0 atom stereocenters. The van der Waals surface area contributed by atoms with Crippen LogP contribution in [0.3, 0.4) is 0 Å². The predicted octanol–water partition coefficient (Wildman–Crippen LogP) is 3.80. The van der Waals surface area contributed by atoms with E-state index in [1.807, 2.05) is 0 Å². The van der Waals surface area contributed by atoms with E-state index in [-0.39, 0.29) is 21.3 Å². The van der Waals surface area contributed by atoms with Gasteiger partial charge in [0, 0.05) is 16.7 Å². The van der Waals surface area contributed by atoms with Gasteiger partial charge in [-0.25, -0.2) is 9.78 Å². The Hall–Kier alpha value is -2.12. The van der Waals surface area contributed by atoms with Crippen LogP contribution in [0.4, 0.5) is 5.69 Å². The van der Waals surface area contributed by atoms with Crippen molar-refractivity contribution >= 4 is 35.0 Å². The van der Waals surface area contributed by atoms with Crippen LogP contribution in [-0.2, 0) is 0 Å². The fourth-order valence-electron chi connectivity index (χ4n) is 1.67. The summed E-state index contributed by atoms with van der Waals surface area (Å²) in [4.78, 5) is 26.1. The average Bonchev–Trinajstić information content (AvgIpc) is 2.40. The predicted molar refractivity (Wildman–Crippen MR) is 78.2 cm³/mol. The molecule has 0 unspecified atom stereocenters. The molecule has 0 amide bonds. The monoisotopic (exact) mass is 324 g/mol. The second-order valence-corrected chi connectivity index (χ2v) is 5.56. The molecule has 2 rings (SSSR count). The van der Waals surface area contributed by atoms with Gasteiger partial charge < -0.3 is 5.11 Å². The van der Waals surface area contributed by atoms with E-state index in [0.29, 0.717) is 10.5 Å². The lowest BCUT2D eigenvalue weighted by molar-refractivity contribution is -0.388. The standard InChI is InChI=1S/C13H9ClN2O4S/c1-7-4-5-15-12(11(7)16(19)20)21-8-2-3-10(14)9(6-8)13(17)18/h2-6H,1H3,(H,17,18). The fraction of sp³-hybridized carbons (Fsp3) is 0.0769. The first-order valence-electron chi connectivity index (χ1n) is 5.71. The smallest absolute Gasteiger partial charge is 0.337 e. The van der Waals surface area contributed by atoms with Crippen LogP contribution in [0, 0.1) is 17.0 Å². The Balaban J connectivity index is 2.44. The molecule has 0 radical (unpaired) electrons. The van der Waals surface area contributed by atoms with Crippen molar-refractivity contribution in [3.8, 4) is 0 Å². The number of aromatic nitrogens is 1. The van der Waals surface area contributed by atoms with Gasteiger partial charge in [-0.15, -0.1) is 0 Å². The summed E-state index contributed by atoms with van der Waals surface area (Å²) in [5.74, 6) is -1.16. The average molecular weight is 325 g/mol. The van der Waals surface area contributed by atoms with Gasteiger partial charge in [-0.2, -0.15) is 0 Å². The number of nitrogens with zero attached hydrogens (tertiary/aromatic N) is 2. The number of carboxylic acids is 1. The highest BCUT2D eigenvalue weighted by Crippen LogP contribution is 2.36. The fourth-order valence-corrected chi connectivity index (χ4v) is 2.85. The van der Waals surface area contributed by atoms with Crippen molar-refractivity contribution in [1.29, 1.82) is 0 Å². The molecule has 0 aliphatic rings. The topological polar surface area (TPSA) is 93.3 Å². The Morgan fingerprint density at radius 2 is 2.14 bits per heavy atom. The number of pyridine rings is 1. The quantitative estimate of drug-likeness (QED) is 0.679. The van der Waals surface area contributed by atoms with Gasteiger partial charge in [0.05, 0.1) is 15.5 Å². The van der Waals surface area contributed by atoms with Crippen molar-refractivity contribution in [3.63, 3.8) is 0 Å². The van der Waals surface area contributed by atoms with Crippen LogP contribution in [0.2, 0.25) is 5.02 Å². The van der Waals surface area contributed by atoms with E-state index < -0.39 is 10.9 Å². The normalized spacial score (nSPS) is 10.4. The molecule has 2 aromatic rings. The first kappa shape index (κ1) is 15.3. The summed E-state index contributed by atoms with van der Waals surface area (Å²) in [7, 11) is 0. The SMILES string of the molecule is Cc1ccnc(Sc2ccc(Cl)c(C(=O)O)c2)c1[N+](=O)[O-]. The molecule has 8 heteroatoms. The zero-order valence-electron chi connectivity index (χ0n) is 10.7. The Labute approximate surface area is 128 Å². The summed E-state index contributed by atoms with van der Waals surface area (Å²) in [6, 6.07) is 5.94. The zero-order valence-corrected chi connectivity index (χ0v) is 12.3. The summed E-state index contributed by atoms with van der Waals surface area (Å²) in [5, 5.41) is 20.4. The number of nitro groups is 1. The summed E-state index contributed by atoms with van der Waals surface area (Å²) in [6.07, 6.45) is 1.47. The third kappa shape index (κ3) is 3.32. The molecule has 108 valence electrons. The van der Waals surface area contributed by atoms with Gasteiger partial charge in [0.15, 0.2) is 5.03 Å². The summed E-state index contributed by atoms with van der Waals surface area (Å²) in [5.41, 5.74) is 0.344. The van der Waals surface area contributed by atoms with Crippen LogP contribution in [0.25, 0.3) is 0 Å². The molecule has 6 nitrogen and oxygen atoms in total. The molecule has 21 heavy (non-hydrogen) atoms. The van der Waals surface area contributed by atoms with E-state index in [4.69, 9.17) is 16.7 Å². The van der Waals surface area contributed by atoms with Crippen LogP contribution in [0.1, 0.15) is 15.9 Å². The van der Waals surface area contributed by atoms with Crippen molar-refractivity contribution in [2.45, 2.75) is 16.8 Å². The van der Waals surface area contributed by atoms with E-state index in [1.165, 1.54) is 18.3 Å². The molecule has 0 saturated heterocycles. The highest BCUT2D eigenvalue weighted by molar-refractivity contribution is 7.99. The molecule has 1 aromatic heterocycles. The second-order valence-electron chi connectivity index (χ2n) is 4.09. The van der Waals surface area contributed by atoms with Crippen LogP contribution in [-0.4, -0.2) is 21.0 Å². The van der Waals surface area contributed by atoms with Crippen molar-refractivity contribution in [2.24, 2.45) is 0 Å². The van der Waals surface area contributed by atoms with Gasteiger partial charge in [0.2, 0.25) is 0 Å². The summed E-state index contributed by atoms with van der Waals surface area (Å²) >= 11 is 6.81.